The van der Waals surface area contributed by atoms with Crippen LogP contribution in [-0.4, -0.2) is 98.1 Å². The quantitative estimate of drug-likeness (QED) is 0.343. The fourth-order valence-electron chi connectivity index (χ4n) is 1.54. The average molecular weight is 325 g/mol. The molecule has 1 fully saturated rings. The van der Waals surface area contributed by atoms with Crippen LogP contribution < -0.4 is 5.11 Å². The van der Waals surface area contributed by atoms with E-state index in [1.54, 1.807) is 6.92 Å². The summed E-state index contributed by atoms with van der Waals surface area (Å²) in [7, 11) is 0. The van der Waals surface area contributed by atoms with E-state index in [1.807, 2.05) is 0 Å². The number of aliphatic carboxylic acids is 1. The molecule has 0 unspecified atom stereocenters. The molecule has 0 aromatic carbocycles. The third kappa shape index (κ3) is 7.44. The van der Waals surface area contributed by atoms with Gasteiger partial charge < -0.3 is 13.1 Å². The first-order chi connectivity index (χ1) is 6.97. The minimum atomic E-state index is -1.17. The van der Waals surface area contributed by atoms with Crippen molar-refractivity contribution in [3.8, 4) is 0 Å². The summed E-state index contributed by atoms with van der Waals surface area (Å²) < 4.78 is 0. The van der Waals surface area contributed by atoms with Crippen LogP contribution in [0.2, 0.25) is 0 Å². The summed E-state index contributed by atoms with van der Waals surface area (Å²) in [6.45, 7) is 1.55. The Labute approximate surface area is 176 Å². The van der Waals surface area contributed by atoms with Crippen molar-refractivity contribution in [1.29, 1.82) is 0 Å². The number of carbonyl (C=O) groups is 3. The number of carboxylic acid groups (broad SMARTS) is 1. The molecule has 7 heteroatoms. The second-order valence-electron chi connectivity index (χ2n) is 3.44. The molecule has 1 aliphatic rings. The molecule has 102 valence electrons. The van der Waals surface area contributed by atoms with Crippen LogP contribution in [0.5, 0.6) is 0 Å². The van der Waals surface area contributed by atoms with Crippen LogP contribution in [0.3, 0.4) is 0 Å². The number of hydrogen-bond donors (Lipinski definition) is 1. The SMILES string of the molecule is C.C.CCC([O-])=C1C(=O)CC(C(=O)O)CC1=O.[Ca+2].[Ca+2].[H-].[H-]. The molecule has 0 spiro atoms. The molecule has 0 aromatic rings. The second-order valence-corrected chi connectivity index (χ2v) is 3.44. The van der Waals surface area contributed by atoms with Gasteiger partial charge in [-0.1, -0.05) is 21.8 Å². The van der Waals surface area contributed by atoms with Crippen LogP contribution in [0, 0.1) is 5.92 Å². The second kappa shape index (κ2) is 12.6. The molecule has 0 amide bonds. The summed E-state index contributed by atoms with van der Waals surface area (Å²) in [5.41, 5.74) is -0.324. The molecule has 5 nitrogen and oxygen atoms in total. The average Bonchev–Trinajstić information content (AvgIpc) is 2.16. The third-order valence-electron chi connectivity index (χ3n) is 2.37. The van der Waals surface area contributed by atoms with Crippen molar-refractivity contribution in [1.82, 2.24) is 0 Å². The van der Waals surface area contributed by atoms with Gasteiger partial charge in [0.2, 0.25) is 0 Å². The van der Waals surface area contributed by atoms with Crippen molar-refractivity contribution in [2.24, 2.45) is 5.92 Å². The van der Waals surface area contributed by atoms with Gasteiger partial charge in [-0.05, 0) is 6.42 Å². The Morgan fingerprint density at radius 1 is 1.26 bits per heavy atom. The smallest absolute Gasteiger partial charge is 1.00 e. The van der Waals surface area contributed by atoms with E-state index in [9.17, 15) is 19.5 Å². The molecule has 1 saturated carbocycles. The van der Waals surface area contributed by atoms with Crippen molar-refractivity contribution in [2.45, 2.75) is 41.0 Å². The maximum absolute atomic E-state index is 11.4. The first kappa shape index (κ1) is 28.1. The molecule has 0 bridgehead atoms. The zero-order valence-corrected chi connectivity index (χ0v) is 14.1. The molecule has 1 rings (SSSR count). The van der Waals surface area contributed by atoms with Gasteiger partial charge >= 0.3 is 81.4 Å². The van der Waals surface area contributed by atoms with Gasteiger partial charge in [0.15, 0.2) is 11.6 Å². The minimum Gasteiger partial charge on any atom is -1.00 e. The number of carbonyl (C=O) groups excluding carboxylic acids is 2. The van der Waals surface area contributed by atoms with E-state index in [0.717, 1.165) is 0 Å². The Morgan fingerprint density at radius 2 is 1.63 bits per heavy atom. The van der Waals surface area contributed by atoms with Gasteiger partial charge in [0.05, 0.1) is 5.92 Å². The molecular formula is C12H21Ca2O5+. The zero-order valence-electron chi connectivity index (χ0n) is 11.7. The molecule has 0 saturated heterocycles. The predicted molar refractivity (Wildman–Crippen MR) is 74.9 cm³/mol. The molecular weight excluding hydrogens is 304 g/mol. The molecule has 19 heavy (non-hydrogen) atoms. The largest absolute Gasteiger partial charge is 2.00 e. The summed E-state index contributed by atoms with van der Waals surface area (Å²) in [6.07, 6.45) is -0.408. The van der Waals surface area contributed by atoms with Crippen LogP contribution in [0.4, 0.5) is 0 Å². The number of rotatable bonds is 2. The topological polar surface area (TPSA) is 94.5 Å². The van der Waals surface area contributed by atoms with Gasteiger partial charge in [-0.15, -0.1) is 5.76 Å². The molecule has 0 heterocycles. The monoisotopic (exact) mass is 325 g/mol. The van der Waals surface area contributed by atoms with Crippen molar-refractivity contribution < 1.29 is 27.4 Å². The summed E-state index contributed by atoms with van der Waals surface area (Å²) in [5, 5.41) is 19.9. The Morgan fingerprint density at radius 3 is 1.89 bits per heavy atom. The number of hydrogen-bond acceptors (Lipinski definition) is 4. The van der Waals surface area contributed by atoms with Crippen molar-refractivity contribution in [2.75, 3.05) is 0 Å². The first-order valence-electron chi connectivity index (χ1n) is 4.66. The van der Waals surface area contributed by atoms with E-state index in [-0.39, 0.29) is 118 Å². The number of ketones is 2. The summed E-state index contributed by atoms with van der Waals surface area (Å²) >= 11 is 0. The van der Waals surface area contributed by atoms with Gasteiger partial charge in [-0.25, -0.2) is 0 Å². The van der Waals surface area contributed by atoms with E-state index in [1.165, 1.54) is 0 Å². The van der Waals surface area contributed by atoms with Crippen LogP contribution in [0.15, 0.2) is 11.3 Å². The molecule has 0 atom stereocenters. The van der Waals surface area contributed by atoms with E-state index in [0.29, 0.717) is 0 Å². The maximum atomic E-state index is 11.4. The predicted octanol–water partition coefficient (Wildman–Crippen LogP) is 0.379. The van der Waals surface area contributed by atoms with Crippen LogP contribution in [-0.2, 0) is 14.4 Å². The van der Waals surface area contributed by atoms with E-state index >= 15 is 0 Å². The Hall–Kier alpha value is 0.869. The van der Waals surface area contributed by atoms with Crippen molar-refractivity contribution in [3.63, 3.8) is 0 Å². The van der Waals surface area contributed by atoms with Gasteiger partial charge in [-0.3, -0.25) is 14.4 Å². The first-order valence-corrected chi connectivity index (χ1v) is 4.66. The molecule has 0 radical (unpaired) electrons. The number of carboxylic acids is 1. The Balaban J connectivity index is -0.0000000937. The zero-order chi connectivity index (χ0) is 11.6. The van der Waals surface area contributed by atoms with Gasteiger partial charge in [0, 0.05) is 18.4 Å². The van der Waals surface area contributed by atoms with Crippen LogP contribution in [0.1, 0.15) is 43.9 Å². The molecule has 1 N–H and O–H groups in total. The van der Waals surface area contributed by atoms with E-state index in [2.05, 4.69) is 0 Å². The van der Waals surface area contributed by atoms with Gasteiger partial charge in [0.1, 0.15) is 0 Å². The van der Waals surface area contributed by atoms with Crippen LogP contribution >= 0.6 is 0 Å². The summed E-state index contributed by atoms with van der Waals surface area (Å²) in [5.74, 6) is -3.90. The normalized spacial score (nSPS) is 17.1. The Kier molecular flexibility index (Phi) is 18.6. The van der Waals surface area contributed by atoms with Gasteiger partial charge in [0.25, 0.3) is 0 Å². The molecule has 1 aliphatic carbocycles. The van der Waals surface area contributed by atoms with Crippen molar-refractivity contribution in [3.05, 3.63) is 11.3 Å². The van der Waals surface area contributed by atoms with E-state index in [4.69, 9.17) is 5.11 Å². The number of allylic oxidation sites excluding steroid dienone is 2. The molecule has 0 aliphatic heterocycles. The minimum absolute atomic E-state index is 0. The van der Waals surface area contributed by atoms with Crippen molar-refractivity contribution >= 4 is 93.0 Å². The fourth-order valence-corrected chi connectivity index (χ4v) is 1.54. The van der Waals surface area contributed by atoms with Gasteiger partial charge in [-0.2, -0.15) is 0 Å². The number of Topliss-reactive ketones (excluding diaryl/α,β-unsaturated/α-hetero) is 2. The summed E-state index contributed by atoms with van der Waals surface area (Å²) in [6, 6.07) is 0. The van der Waals surface area contributed by atoms with Crippen LogP contribution in [0.25, 0.3) is 0 Å². The Bertz CT molecular complexity index is 353. The standard InChI is InChI=1S/C10H12O5.2CH4.2Ca.2H/c1-2-6(11)9-7(12)3-5(10(14)15)4-8(9)13;;;;;;/h5,11H,2-4H2,1H3,(H,14,15);2*1H4;;;;/q;;;2*+2;2*-1/p-1. The summed E-state index contributed by atoms with van der Waals surface area (Å²) in [4.78, 5) is 33.3. The molecule has 0 aromatic heterocycles. The van der Waals surface area contributed by atoms with E-state index < -0.39 is 29.2 Å². The third-order valence-corrected chi connectivity index (χ3v) is 2.37. The fraction of sp³-hybridized carbons (Fsp3) is 0.583. The maximum Gasteiger partial charge on any atom is 2.00 e.